The third-order valence-corrected chi connectivity index (χ3v) is 8.14. The van der Waals surface area contributed by atoms with Crippen LogP contribution in [0.2, 0.25) is 0 Å². The molecule has 1 N–H and O–H groups in total. The third-order valence-electron chi connectivity index (χ3n) is 7.19. The molecule has 4 rings (SSSR count). The van der Waals surface area contributed by atoms with Crippen LogP contribution in [0.5, 0.6) is 0 Å². The molecule has 1 atom stereocenters. The van der Waals surface area contributed by atoms with Gasteiger partial charge in [-0.15, -0.1) is 0 Å². The van der Waals surface area contributed by atoms with E-state index in [1.54, 1.807) is 0 Å². The van der Waals surface area contributed by atoms with Crippen molar-refractivity contribution >= 4 is 21.9 Å². The van der Waals surface area contributed by atoms with Gasteiger partial charge in [0.15, 0.2) is 0 Å². The van der Waals surface area contributed by atoms with Gasteiger partial charge >= 0.3 is 39.2 Å². The number of carbonyl (C=O) groups is 2. The fourth-order valence-corrected chi connectivity index (χ4v) is 6.43. The van der Waals surface area contributed by atoms with Crippen LogP contribution in [0.25, 0.3) is 0 Å². The number of carbonyl (C=O) groups excluding carboxylic acids is 2. The molecule has 0 radical (unpaired) electrons. The second-order valence-corrected chi connectivity index (χ2v) is 11.3. The molecule has 0 amide bonds. The number of hydrogen-bond acceptors (Lipinski definition) is 7. The van der Waals surface area contributed by atoms with E-state index >= 15 is 0 Å². The van der Waals surface area contributed by atoms with E-state index in [9.17, 15) is 48.7 Å². The zero-order chi connectivity index (χ0) is 27.4. The topological polar surface area (TPSA) is 116 Å². The molecule has 4 aliphatic carbocycles. The molecule has 208 valence electrons. The van der Waals surface area contributed by atoms with Gasteiger partial charge in [-0.1, -0.05) is 0 Å². The first-order chi connectivity index (χ1) is 16.3. The predicted octanol–water partition coefficient (Wildman–Crippen LogP) is 3.74. The van der Waals surface area contributed by atoms with Crippen LogP contribution in [0.1, 0.15) is 44.9 Å². The van der Waals surface area contributed by atoms with Crippen molar-refractivity contribution in [2.24, 2.45) is 23.2 Å². The molecular formula is C20H25F7O8S. The summed E-state index contributed by atoms with van der Waals surface area (Å²) < 4.78 is 140. The number of esters is 1. The van der Waals surface area contributed by atoms with Crippen LogP contribution in [-0.2, 0) is 33.9 Å². The molecule has 4 bridgehead atoms. The minimum atomic E-state index is -6.66. The van der Waals surface area contributed by atoms with Crippen LogP contribution in [0.3, 0.4) is 0 Å². The molecule has 0 heterocycles. The van der Waals surface area contributed by atoms with E-state index in [2.05, 4.69) is 14.2 Å². The molecule has 4 saturated carbocycles. The molecule has 36 heavy (non-hydrogen) atoms. The maximum Gasteiger partial charge on any atom is 0.464 e. The highest BCUT2D eigenvalue weighted by Crippen LogP contribution is 2.61. The molecule has 16 heteroatoms. The van der Waals surface area contributed by atoms with Crippen LogP contribution in [-0.4, -0.2) is 68.2 Å². The second kappa shape index (κ2) is 9.34. The van der Waals surface area contributed by atoms with Crippen LogP contribution < -0.4 is 0 Å². The standard InChI is InChI=1S/C20H25F7O8S/c1-33-10-14(28)18(19(23,24)25,34-3-2-17(21,22)20(26,27)36(30,31)32)35-15(29)16-7-11-4-12(8-16)6-13(5-11)9-16/h11-13H,2-10H2,1H3,(H,30,31,32). The molecule has 0 aromatic carbocycles. The SMILES string of the molecule is COCC(=O)C(OCCC(F)(F)C(F)(F)S(=O)(=O)O)(OC(=O)C12CC3CC(CC(C3)C1)C2)C(F)(F)F. The lowest BCUT2D eigenvalue weighted by atomic mass is 9.49. The van der Waals surface area contributed by atoms with Gasteiger partial charge in [0.05, 0.1) is 12.0 Å². The Hall–Kier alpha value is -1.52. The molecule has 0 aromatic rings. The van der Waals surface area contributed by atoms with Crippen LogP contribution in [0, 0.1) is 23.2 Å². The predicted molar refractivity (Wildman–Crippen MR) is 104 cm³/mol. The lowest BCUT2D eigenvalue weighted by molar-refractivity contribution is -0.354. The van der Waals surface area contributed by atoms with Crippen molar-refractivity contribution in [1.82, 2.24) is 0 Å². The molecule has 4 fully saturated rings. The van der Waals surface area contributed by atoms with E-state index in [0.717, 1.165) is 26.4 Å². The summed E-state index contributed by atoms with van der Waals surface area (Å²) in [5.74, 6) is -13.3. The summed E-state index contributed by atoms with van der Waals surface area (Å²) in [6.07, 6.45) is -5.20. The number of rotatable bonds is 11. The average molecular weight is 558 g/mol. The Morgan fingerprint density at radius 3 is 1.81 bits per heavy atom. The zero-order valence-electron chi connectivity index (χ0n) is 19.0. The normalized spacial score (nSPS) is 30.2. The van der Waals surface area contributed by atoms with Crippen LogP contribution in [0.4, 0.5) is 30.7 Å². The lowest BCUT2D eigenvalue weighted by Crippen LogP contribution is -2.61. The maximum absolute atomic E-state index is 14.2. The number of ketones is 1. The van der Waals surface area contributed by atoms with E-state index in [0.29, 0.717) is 0 Å². The van der Waals surface area contributed by atoms with Gasteiger partial charge in [0.25, 0.3) is 0 Å². The highest BCUT2D eigenvalue weighted by molar-refractivity contribution is 7.87. The molecule has 8 nitrogen and oxygen atoms in total. The Kier molecular flexibility index (Phi) is 7.54. The van der Waals surface area contributed by atoms with Crippen LogP contribution >= 0.6 is 0 Å². The van der Waals surface area contributed by atoms with Gasteiger partial charge in [-0.3, -0.25) is 14.1 Å². The second-order valence-electron chi connectivity index (χ2n) is 9.85. The Balaban J connectivity index is 1.88. The fraction of sp³-hybridized carbons (Fsp3) is 0.900. The van der Waals surface area contributed by atoms with Crippen molar-refractivity contribution in [3.63, 3.8) is 0 Å². The molecule has 4 aliphatic rings. The van der Waals surface area contributed by atoms with Gasteiger partial charge in [-0.25, -0.2) is 0 Å². The van der Waals surface area contributed by atoms with Gasteiger partial charge in [-0.2, -0.15) is 39.2 Å². The number of hydrogen-bond donors (Lipinski definition) is 1. The first kappa shape index (κ1) is 29.0. The molecule has 0 aliphatic heterocycles. The van der Waals surface area contributed by atoms with Crippen molar-refractivity contribution in [3.05, 3.63) is 0 Å². The van der Waals surface area contributed by atoms with Crippen molar-refractivity contribution < 1.29 is 67.5 Å². The van der Waals surface area contributed by atoms with Crippen molar-refractivity contribution in [2.75, 3.05) is 20.3 Å². The van der Waals surface area contributed by atoms with E-state index in [-0.39, 0.29) is 37.0 Å². The highest BCUT2D eigenvalue weighted by atomic mass is 32.2. The Morgan fingerprint density at radius 2 is 1.42 bits per heavy atom. The maximum atomic E-state index is 14.2. The third kappa shape index (κ3) is 4.97. The number of methoxy groups -OCH3 is 1. The summed E-state index contributed by atoms with van der Waals surface area (Å²) in [4.78, 5) is 25.6. The first-order valence-corrected chi connectivity index (χ1v) is 12.4. The summed E-state index contributed by atoms with van der Waals surface area (Å²) in [5, 5.41) is -6.07. The molecule has 1 unspecified atom stereocenters. The summed E-state index contributed by atoms with van der Waals surface area (Å²) >= 11 is 0. The Bertz CT molecular complexity index is 946. The molecule has 0 aromatic heterocycles. The van der Waals surface area contributed by atoms with Crippen LogP contribution in [0.15, 0.2) is 0 Å². The minimum Gasteiger partial charge on any atom is -0.416 e. The van der Waals surface area contributed by atoms with Gasteiger partial charge in [0.1, 0.15) is 6.61 Å². The van der Waals surface area contributed by atoms with Gasteiger partial charge < -0.3 is 14.2 Å². The number of Topliss-reactive ketones (excluding diaryl/α,β-unsaturated/α-hetero) is 1. The van der Waals surface area contributed by atoms with E-state index in [1.165, 1.54) is 0 Å². The number of halogens is 7. The minimum absolute atomic E-state index is 0.0704. The van der Waals surface area contributed by atoms with Gasteiger partial charge in [0, 0.05) is 13.5 Å². The summed E-state index contributed by atoms with van der Waals surface area (Å²) in [7, 11) is -5.84. The monoisotopic (exact) mass is 558 g/mol. The van der Waals surface area contributed by atoms with Gasteiger partial charge in [-0.05, 0) is 56.3 Å². The average Bonchev–Trinajstić information content (AvgIpc) is 2.70. The summed E-state index contributed by atoms with van der Waals surface area (Å²) in [6, 6.07) is 0. The Labute approximate surface area is 201 Å². The largest absolute Gasteiger partial charge is 0.464 e. The first-order valence-electron chi connectivity index (χ1n) is 11.0. The van der Waals surface area contributed by atoms with Crippen molar-refractivity contribution in [3.8, 4) is 0 Å². The lowest BCUT2D eigenvalue weighted by Gasteiger charge is -2.55. The highest BCUT2D eigenvalue weighted by Gasteiger charge is 2.69. The number of ether oxygens (including phenoxy) is 3. The summed E-state index contributed by atoms with van der Waals surface area (Å²) in [5.41, 5.74) is -1.34. The van der Waals surface area contributed by atoms with Crippen molar-refractivity contribution in [1.29, 1.82) is 0 Å². The molecular weight excluding hydrogens is 533 g/mol. The van der Waals surface area contributed by atoms with E-state index < -0.39 is 70.1 Å². The number of alkyl halides is 7. The smallest absolute Gasteiger partial charge is 0.416 e. The van der Waals surface area contributed by atoms with Crippen molar-refractivity contribution in [2.45, 2.75) is 68.1 Å². The summed E-state index contributed by atoms with van der Waals surface area (Å²) in [6.45, 7) is -3.34. The quantitative estimate of drug-likeness (QED) is 0.177. The van der Waals surface area contributed by atoms with Gasteiger partial charge in [0.2, 0.25) is 5.78 Å². The molecule has 0 saturated heterocycles. The Morgan fingerprint density at radius 1 is 0.944 bits per heavy atom. The fourth-order valence-electron chi connectivity index (χ4n) is 5.95. The molecule has 0 spiro atoms. The zero-order valence-corrected chi connectivity index (χ0v) is 19.8. The van der Waals surface area contributed by atoms with E-state index in [4.69, 9.17) is 4.55 Å². The van der Waals surface area contributed by atoms with E-state index in [1.807, 2.05) is 0 Å².